The third kappa shape index (κ3) is 4.64. The lowest BCUT2D eigenvalue weighted by Crippen LogP contribution is -2.34. The van der Waals surface area contributed by atoms with Crippen LogP contribution in [0.2, 0.25) is 10.0 Å². The van der Waals surface area contributed by atoms with E-state index in [2.05, 4.69) is 15.6 Å². The van der Waals surface area contributed by atoms with E-state index in [1.807, 2.05) is 24.3 Å². The SMILES string of the molecule is COc1ccc(Cl)cc1C(=O)NC(=S)Nc1cc(-c2nc3ccccc3o2)ccc1Cl. The minimum absolute atomic E-state index is 0.0589. The molecule has 2 N–H and O–H groups in total. The zero-order valence-corrected chi connectivity index (χ0v) is 18.4. The number of nitrogens with one attached hydrogen (secondary N) is 2. The highest BCUT2D eigenvalue weighted by Crippen LogP contribution is 2.30. The van der Waals surface area contributed by atoms with Crippen LogP contribution in [0.1, 0.15) is 10.4 Å². The molecule has 0 saturated carbocycles. The molecule has 0 spiro atoms. The third-order valence-electron chi connectivity index (χ3n) is 4.39. The van der Waals surface area contributed by atoms with Crippen molar-refractivity contribution in [3.05, 3.63) is 76.3 Å². The molecule has 0 saturated heterocycles. The Morgan fingerprint density at radius 3 is 2.68 bits per heavy atom. The van der Waals surface area contributed by atoms with Crippen molar-refractivity contribution >= 4 is 63.2 Å². The Bertz CT molecular complexity index is 1270. The van der Waals surface area contributed by atoms with Gasteiger partial charge in [-0.3, -0.25) is 10.1 Å². The van der Waals surface area contributed by atoms with Gasteiger partial charge in [-0.2, -0.15) is 0 Å². The summed E-state index contributed by atoms with van der Waals surface area (Å²) in [6.45, 7) is 0. The highest BCUT2D eigenvalue weighted by molar-refractivity contribution is 7.80. The van der Waals surface area contributed by atoms with Gasteiger partial charge in [0, 0.05) is 10.6 Å². The summed E-state index contributed by atoms with van der Waals surface area (Å²) in [7, 11) is 1.47. The van der Waals surface area contributed by atoms with E-state index in [9.17, 15) is 4.79 Å². The smallest absolute Gasteiger partial charge is 0.261 e. The van der Waals surface area contributed by atoms with Gasteiger partial charge < -0.3 is 14.5 Å². The number of ether oxygens (including phenoxy) is 1. The van der Waals surface area contributed by atoms with Crippen LogP contribution in [0.15, 0.2) is 65.1 Å². The highest BCUT2D eigenvalue weighted by atomic mass is 35.5. The zero-order chi connectivity index (χ0) is 22.0. The predicted octanol–water partition coefficient (Wildman–Crippen LogP) is 5.94. The van der Waals surface area contributed by atoms with Gasteiger partial charge in [0.05, 0.1) is 23.4 Å². The first-order valence-electron chi connectivity index (χ1n) is 9.06. The van der Waals surface area contributed by atoms with Crippen molar-refractivity contribution in [2.75, 3.05) is 12.4 Å². The van der Waals surface area contributed by atoms with Crippen molar-refractivity contribution in [3.8, 4) is 17.2 Å². The third-order valence-corrected chi connectivity index (χ3v) is 5.16. The van der Waals surface area contributed by atoms with E-state index in [-0.39, 0.29) is 10.7 Å². The first kappa shape index (κ1) is 21.1. The van der Waals surface area contributed by atoms with Gasteiger partial charge in [0.15, 0.2) is 10.7 Å². The summed E-state index contributed by atoms with van der Waals surface area (Å²) >= 11 is 17.6. The van der Waals surface area contributed by atoms with E-state index >= 15 is 0 Å². The maximum absolute atomic E-state index is 12.6. The number of benzene rings is 3. The first-order chi connectivity index (χ1) is 14.9. The number of amides is 1. The molecule has 4 aromatic rings. The summed E-state index contributed by atoms with van der Waals surface area (Å²) < 4.78 is 11.0. The van der Waals surface area contributed by atoms with Gasteiger partial charge in [-0.25, -0.2) is 4.98 Å². The monoisotopic (exact) mass is 471 g/mol. The molecule has 1 amide bonds. The molecule has 0 aliphatic carbocycles. The van der Waals surface area contributed by atoms with Gasteiger partial charge in [0.1, 0.15) is 11.3 Å². The second-order valence-corrected chi connectivity index (χ2v) is 7.69. The normalized spacial score (nSPS) is 10.7. The number of oxazole rings is 1. The maximum atomic E-state index is 12.6. The molecule has 1 aromatic heterocycles. The van der Waals surface area contributed by atoms with E-state index in [0.29, 0.717) is 38.5 Å². The lowest BCUT2D eigenvalue weighted by atomic mass is 10.2. The van der Waals surface area contributed by atoms with Gasteiger partial charge >= 0.3 is 0 Å². The standard InChI is InChI=1S/C22H15Cl2N3O3S/c1-29-18-9-7-13(23)11-14(18)20(28)27-22(31)26-17-10-12(6-8-15(17)24)21-25-16-4-2-3-5-19(16)30-21/h2-11H,1H3,(H2,26,27,28,31). The van der Waals surface area contributed by atoms with E-state index in [0.717, 1.165) is 5.52 Å². The van der Waals surface area contributed by atoms with Crippen LogP contribution in [0.5, 0.6) is 5.75 Å². The number of hydrogen-bond acceptors (Lipinski definition) is 5. The molecule has 0 atom stereocenters. The van der Waals surface area contributed by atoms with Crippen molar-refractivity contribution in [2.24, 2.45) is 0 Å². The van der Waals surface area contributed by atoms with Gasteiger partial charge in [-0.05, 0) is 60.7 Å². The number of para-hydroxylation sites is 2. The van der Waals surface area contributed by atoms with E-state index in [4.69, 9.17) is 44.6 Å². The summed E-state index contributed by atoms with van der Waals surface area (Å²) in [5, 5.41) is 6.41. The molecule has 4 rings (SSSR count). The molecule has 31 heavy (non-hydrogen) atoms. The number of methoxy groups -OCH3 is 1. The molecule has 0 radical (unpaired) electrons. The van der Waals surface area contributed by atoms with Crippen LogP contribution in [0, 0.1) is 0 Å². The summed E-state index contributed by atoms with van der Waals surface area (Å²) in [5.74, 6) is 0.350. The van der Waals surface area contributed by atoms with Crippen molar-refractivity contribution in [3.63, 3.8) is 0 Å². The van der Waals surface area contributed by atoms with Crippen molar-refractivity contribution in [1.82, 2.24) is 10.3 Å². The van der Waals surface area contributed by atoms with Crippen molar-refractivity contribution < 1.29 is 13.9 Å². The topological polar surface area (TPSA) is 76.4 Å². The van der Waals surface area contributed by atoms with Gasteiger partial charge in [0.2, 0.25) is 5.89 Å². The number of anilines is 1. The number of fused-ring (bicyclic) bond motifs is 1. The van der Waals surface area contributed by atoms with Crippen LogP contribution >= 0.6 is 35.4 Å². The number of nitrogens with zero attached hydrogens (tertiary/aromatic N) is 1. The number of hydrogen-bond donors (Lipinski definition) is 2. The van der Waals surface area contributed by atoms with Crippen molar-refractivity contribution in [1.29, 1.82) is 0 Å². The average molecular weight is 472 g/mol. The largest absolute Gasteiger partial charge is 0.496 e. The Hall–Kier alpha value is -3.13. The van der Waals surface area contributed by atoms with E-state index < -0.39 is 5.91 Å². The molecule has 0 bridgehead atoms. The number of carbonyl (C=O) groups is 1. The molecule has 3 aromatic carbocycles. The molecule has 0 aliphatic heterocycles. The van der Waals surface area contributed by atoms with Gasteiger partial charge in [-0.1, -0.05) is 35.3 Å². The molecule has 156 valence electrons. The molecular formula is C22H15Cl2N3O3S. The quantitative estimate of drug-likeness (QED) is 0.358. The summed E-state index contributed by atoms with van der Waals surface area (Å²) in [5.41, 5.74) is 2.88. The molecule has 9 heteroatoms. The van der Waals surface area contributed by atoms with Crippen LogP contribution in [0.25, 0.3) is 22.6 Å². The van der Waals surface area contributed by atoms with Crippen LogP contribution in [0.3, 0.4) is 0 Å². The summed E-state index contributed by atoms with van der Waals surface area (Å²) in [4.78, 5) is 17.1. The lowest BCUT2D eigenvalue weighted by Gasteiger charge is -2.13. The Labute approximate surface area is 193 Å². The zero-order valence-electron chi connectivity index (χ0n) is 16.1. The van der Waals surface area contributed by atoms with Crippen LogP contribution in [-0.2, 0) is 0 Å². The van der Waals surface area contributed by atoms with E-state index in [1.165, 1.54) is 13.2 Å². The number of rotatable bonds is 4. The number of halogens is 2. The number of aromatic nitrogens is 1. The first-order valence-corrected chi connectivity index (χ1v) is 10.2. The number of thiocarbonyl (C=S) groups is 1. The lowest BCUT2D eigenvalue weighted by molar-refractivity contribution is 0.0975. The molecule has 0 unspecified atom stereocenters. The maximum Gasteiger partial charge on any atom is 0.261 e. The molecule has 1 heterocycles. The Kier molecular flexibility index (Phi) is 6.08. The van der Waals surface area contributed by atoms with E-state index in [1.54, 1.807) is 30.3 Å². The Morgan fingerprint density at radius 2 is 1.90 bits per heavy atom. The summed E-state index contributed by atoms with van der Waals surface area (Å²) in [6.07, 6.45) is 0. The Balaban J connectivity index is 1.54. The Morgan fingerprint density at radius 1 is 1.10 bits per heavy atom. The van der Waals surface area contributed by atoms with Gasteiger partial charge in [-0.15, -0.1) is 0 Å². The fraction of sp³-hybridized carbons (Fsp3) is 0.0455. The predicted molar refractivity (Wildman–Crippen MR) is 126 cm³/mol. The molecule has 0 aliphatic rings. The van der Waals surface area contributed by atoms with Crippen LogP contribution in [-0.4, -0.2) is 23.1 Å². The fourth-order valence-electron chi connectivity index (χ4n) is 2.93. The number of carbonyl (C=O) groups excluding carboxylic acids is 1. The second kappa shape index (κ2) is 8.93. The minimum Gasteiger partial charge on any atom is -0.496 e. The van der Waals surface area contributed by atoms with Crippen LogP contribution < -0.4 is 15.4 Å². The van der Waals surface area contributed by atoms with Crippen LogP contribution in [0.4, 0.5) is 5.69 Å². The average Bonchev–Trinajstić information content (AvgIpc) is 3.19. The molecule has 0 fully saturated rings. The summed E-state index contributed by atoms with van der Waals surface area (Å²) in [6, 6.07) is 17.4. The minimum atomic E-state index is -0.469. The highest BCUT2D eigenvalue weighted by Gasteiger charge is 2.16. The second-order valence-electron chi connectivity index (χ2n) is 6.43. The molecular weight excluding hydrogens is 457 g/mol. The van der Waals surface area contributed by atoms with Crippen molar-refractivity contribution in [2.45, 2.75) is 0 Å². The fourth-order valence-corrected chi connectivity index (χ4v) is 3.47. The van der Waals surface area contributed by atoms with Gasteiger partial charge in [0.25, 0.3) is 5.91 Å². The molecule has 6 nitrogen and oxygen atoms in total.